The van der Waals surface area contributed by atoms with E-state index in [-0.39, 0.29) is 18.8 Å². The molecular formula is C15H11F3N2O. The number of nitriles is 1. The Bertz CT molecular complexity index is 660. The third-order valence-corrected chi connectivity index (χ3v) is 2.73. The fourth-order valence-electron chi connectivity index (χ4n) is 1.76. The zero-order valence-corrected chi connectivity index (χ0v) is 10.9. The van der Waals surface area contributed by atoms with E-state index in [1.165, 1.54) is 0 Å². The van der Waals surface area contributed by atoms with Crippen molar-refractivity contribution in [1.29, 1.82) is 5.26 Å². The maximum Gasteiger partial charge on any atom is 0.194 e. The van der Waals surface area contributed by atoms with Gasteiger partial charge in [0.15, 0.2) is 24.1 Å². The fourth-order valence-corrected chi connectivity index (χ4v) is 1.76. The van der Waals surface area contributed by atoms with E-state index in [4.69, 9.17) is 10.00 Å². The van der Waals surface area contributed by atoms with Gasteiger partial charge in [0.1, 0.15) is 11.8 Å². The van der Waals surface area contributed by atoms with E-state index in [0.717, 1.165) is 12.1 Å². The highest BCUT2D eigenvalue weighted by molar-refractivity contribution is 5.46. The van der Waals surface area contributed by atoms with Gasteiger partial charge in [0.2, 0.25) is 0 Å². The van der Waals surface area contributed by atoms with Crippen molar-refractivity contribution in [3.63, 3.8) is 0 Å². The largest absolute Gasteiger partial charge is 0.478 e. The Morgan fingerprint density at radius 1 is 1.10 bits per heavy atom. The van der Waals surface area contributed by atoms with Gasteiger partial charge in [-0.05, 0) is 6.07 Å². The summed E-state index contributed by atoms with van der Waals surface area (Å²) < 4.78 is 44.3. The van der Waals surface area contributed by atoms with Crippen molar-refractivity contribution >= 4 is 5.69 Å². The van der Waals surface area contributed by atoms with Crippen LogP contribution in [0.25, 0.3) is 0 Å². The van der Waals surface area contributed by atoms with Gasteiger partial charge < -0.3 is 10.1 Å². The summed E-state index contributed by atoms with van der Waals surface area (Å²) >= 11 is 0. The molecule has 1 N–H and O–H groups in total. The first-order chi connectivity index (χ1) is 10.1. The molecule has 2 aromatic carbocycles. The number of rotatable bonds is 5. The predicted octanol–water partition coefficient (Wildman–Crippen LogP) is 3.62. The van der Waals surface area contributed by atoms with E-state index in [9.17, 15) is 13.2 Å². The molecule has 0 saturated carbocycles. The fraction of sp³-hybridized carbons (Fsp3) is 0.133. The highest BCUT2D eigenvalue weighted by Crippen LogP contribution is 2.21. The van der Waals surface area contributed by atoms with Crippen molar-refractivity contribution < 1.29 is 17.9 Å². The summed E-state index contributed by atoms with van der Waals surface area (Å²) in [5.74, 6) is -3.52. The number of nitrogens with zero attached hydrogens (tertiary/aromatic N) is 1. The highest BCUT2D eigenvalue weighted by Gasteiger charge is 2.10. The first kappa shape index (κ1) is 14.7. The maximum absolute atomic E-state index is 13.1. The normalized spacial score (nSPS) is 10.0. The summed E-state index contributed by atoms with van der Waals surface area (Å²) in [5.41, 5.74) is 0.819. The van der Waals surface area contributed by atoms with E-state index in [2.05, 4.69) is 5.32 Å². The summed E-state index contributed by atoms with van der Waals surface area (Å²) in [6.07, 6.45) is 0. The number of ether oxygens (including phenoxy) is 1. The minimum Gasteiger partial charge on any atom is -0.478 e. The Labute approximate surface area is 119 Å². The van der Waals surface area contributed by atoms with Gasteiger partial charge in [-0.3, -0.25) is 0 Å². The van der Waals surface area contributed by atoms with Crippen LogP contribution >= 0.6 is 0 Å². The van der Waals surface area contributed by atoms with Crippen LogP contribution in [-0.2, 0) is 6.54 Å². The number of para-hydroxylation sites is 1. The van der Waals surface area contributed by atoms with Gasteiger partial charge in [-0.25, -0.2) is 13.2 Å². The van der Waals surface area contributed by atoms with Crippen LogP contribution in [0.1, 0.15) is 5.56 Å². The lowest BCUT2D eigenvalue weighted by atomic mass is 10.2. The lowest BCUT2D eigenvalue weighted by Crippen LogP contribution is -2.04. The van der Waals surface area contributed by atoms with Crippen molar-refractivity contribution in [2.45, 2.75) is 6.54 Å². The zero-order chi connectivity index (χ0) is 15.2. The number of benzene rings is 2. The molecule has 0 aliphatic heterocycles. The predicted molar refractivity (Wildman–Crippen MR) is 71.2 cm³/mol. The first-order valence-corrected chi connectivity index (χ1v) is 6.08. The number of nitrogens with one attached hydrogen (secondary N) is 1. The van der Waals surface area contributed by atoms with Crippen LogP contribution in [0.4, 0.5) is 18.9 Å². The van der Waals surface area contributed by atoms with E-state index in [1.807, 2.05) is 6.07 Å². The average molecular weight is 292 g/mol. The lowest BCUT2D eigenvalue weighted by Gasteiger charge is -2.11. The van der Waals surface area contributed by atoms with Crippen molar-refractivity contribution in [1.82, 2.24) is 0 Å². The zero-order valence-electron chi connectivity index (χ0n) is 10.9. The molecule has 0 saturated heterocycles. The average Bonchev–Trinajstić information content (AvgIpc) is 2.49. The molecule has 0 radical (unpaired) electrons. The molecule has 0 bridgehead atoms. The molecule has 0 amide bonds. The van der Waals surface area contributed by atoms with Gasteiger partial charge in [-0.2, -0.15) is 5.26 Å². The third kappa shape index (κ3) is 3.66. The summed E-state index contributed by atoms with van der Waals surface area (Å²) in [4.78, 5) is 0. The topological polar surface area (TPSA) is 45.0 Å². The minimum absolute atomic E-state index is 0.100. The van der Waals surface area contributed by atoms with Crippen molar-refractivity contribution in [2.24, 2.45) is 0 Å². The van der Waals surface area contributed by atoms with Gasteiger partial charge in [-0.1, -0.05) is 18.2 Å². The molecule has 3 nitrogen and oxygen atoms in total. The minimum atomic E-state index is -1.50. The number of halogens is 3. The maximum atomic E-state index is 13.1. The van der Waals surface area contributed by atoms with Crippen LogP contribution in [0.3, 0.4) is 0 Å². The van der Waals surface area contributed by atoms with Gasteiger partial charge in [0.05, 0.1) is 0 Å². The Morgan fingerprint density at radius 3 is 2.43 bits per heavy atom. The molecule has 2 rings (SSSR count). The van der Waals surface area contributed by atoms with Crippen molar-refractivity contribution in [2.75, 3.05) is 11.9 Å². The molecule has 21 heavy (non-hydrogen) atoms. The van der Waals surface area contributed by atoms with Crippen LogP contribution in [0.15, 0.2) is 36.4 Å². The molecule has 0 unspecified atom stereocenters. The summed E-state index contributed by atoms with van der Waals surface area (Å²) in [6.45, 7) is 0.114. The molecule has 0 aromatic heterocycles. The van der Waals surface area contributed by atoms with Gasteiger partial charge in [-0.15, -0.1) is 0 Å². The van der Waals surface area contributed by atoms with Crippen LogP contribution in [-0.4, -0.2) is 6.61 Å². The summed E-state index contributed by atoms with van der Waals surface area (Å²) in [7, 11) is 0. The smallest absolute Gasteiger partial charge is 0.194 e. The SMILES string of the molecule is N#CCOc1ccccc1CNc1cc(F)c(F)c(F)c1. The van der Waals surface area contributed by atoms with Crippen LogP contribution < -0.4 is 10.1 Å². The van der Waals surface area contributed by atoms with Crippen molar-refractivity contribution in [3.8, 4) is 11.8 Å². The standard InChI is InChI=1S/C15H11F3N2O/c16-12-7-11(8-13(17)15(12)18)20-9-10-3-1-2-4-14(10)21-6-5-19/h1-4,7-8,20H,6,9H2. The molecular weight excluding hydrogens is 281 g/mol. The number of hydrogen-bond donors (Lipinski definition) is 1. The van der Waals surface area contributed by atoms with Gasteiger partial charge in [0, 0.05) is 29.9 Å². The molecule has 0 aliphatic carbocycles. The van der Waals surface area contributed by atoms with Crippen molar-refractivity contribution in [3.05, 3.63) is 59.4 Å². The van der Waals surface area contributed by atoms with Crippen LogP contribution in [0.2, 0.25) is 0 Å². The second-order valence-corrected chi connectivity index (χ2v) is 4.16. The molecule has 0 fully saturated rings. The molecule has 108 valence electrons. The molecule has 2 aromatic rings. The molecule has 0 heterocycles. The first-order valence-electron chi connectivity index (χ1n) is 6.08. The second kappa shape index (κ2) is 6.66. The Morgan fingerprint density at radius 2 is 1.76 bits per heavy atom. The van der Waals surface area contributed by atoms with Gasteiger partial charge >= 0.3 is 0 Å². The monoisotopic (exact) mass is 292 g/mol. The van der Waals surface area contributed by atoms with E-state index in [1.54, 1.807) is 24.3 Å². The Kier molecular flexibility index (Phi) is 4.67. The van der Waals surface area contributed by atoms with Crippen LogP contribution in [0.5, 0.6) is 5.75 Å². The molecule has 0 atom stereocenters. The second-order valence-electron chi connectivity index (χ2n) is 4.16. The lowest BCUT2D eigenvalue weighted by molar-refractivity contribution is 0.364. The summed E-state index contributed by atoms with van der Waals surface area (Å²) in [6, 6.07) is 10.5. The van der Waals surface area contributed by atoms with E-state index < -0.39 is 17.5 Å². The molecule has 0 spiro atoms. The third-order valence-electron chi connectivity index (χ3n) is 2.73. The van der Waals surface area contributed by atoms with E-state index >= 15 is 0 Å². The molecule has 0 aliphatic rings. The van der Waals surface area contributed by atoms with Crippen LogP contribution in [0, 0.1) is 28.8 Å². The van der Waals surface area contributed by atoms with E-state index in [0.29, 0.717) is 11.3 Å². The Balaban J connectivity index is 2.12. The molecule has 6 heteroatoms. The number of anilines is 1. The van der Waals surface area contributed by atoms with Gasteiger partial charge in [0.25, 0.3) is 0 Å². The number of hydrogen-bond acceptors (Lipinski definition) is 3. The summed E-state index contributed by atoms with van der Waals surface area (Å²) in [5, 5.41) is 11.3. The Hall–Kier alpha value is -2.68. The highest BCUT2D eigenvalue weighted by atomic mass is 19.2. The quantitative estimate of drug-likeness (QED) is 0.856.